The lowest BCUT2D eigenvalue weighted by molar-refractivity contribution is 0.179. The summed E-state index contributed by atoms with van der Waals surface area (Å²) in [5, 5.41) is 3.59. The largest absolute Gasteiger partial charge is 0.382 e. The summed E-state index contributed by atoms with van der Waals surface area (Å²) in [6.07, 6.45) is 1.75. The molecule has 23 heavy (non-hydrogen) atoms. The fraction of sp³-hybridized carbons (Fsp3) is 0.647. The molecular formula is C17H29N3O2S. The van der Waals surface area contributed by atoms with E-state index in [9.17, 15) is 8.42 Å². The lowest BCUT2D eigenvalue weighted by atomic mass is 9.93. The van der Waals surface area contributed by atoms with Gasteiger partial charge in [0.1, 0.15) is 0 Å². The van der Waals surface area contributed by atoms with E-state index in [0.717, 1.165) is 31.7 Å². The SMILES string of the molecule is CCCS(=O)(=O)Nc1ccc(N[C@@H]2CCN(CC)C[C@H]2C)cc1. The number of hydrogen-bond donors (Lipinski definition) is 2. The minimum Gasteiger partial charge on any atom is -0.382 e. The van der Waals surface area contributed by atoms with E-state index >= 15 is 0 Å². The highest BCUT2D eigenvalue weighted by molar-refractivity contribution is 7.92. The Hall–Kier alpha value is -1.27. The number of piperidine rings is 1. The highest BCUT2D eigenvalue weighted by Crippen LogP contribution is 2.22. The molecule has 1 aromatic carbocycles. The summed E-state index contributed by atoms with van der Waals surface area (Å²) in [6, 6.07) is 8.01. The Kier molecular flexibility index (Phi) is 6.30. The second-order valence-electron chi connectivity index (χ2n) is 6.41. The Balaban J connectivity index is 1.93. The molecule has 1 heterocycles. The third kappa shape index (κ3) is 5.39. The van der Waals surface area contributed by atoms with Crippen LogP contribution in [0.4, 0.5) is 11.4 Å². The minimum atomic E-state index is -3.22. The fourth-order valence-electron chi connectivity index (χ4n) is 3.08. The van der Waals surface area contributed by atoms with Gasteiger partial charge in [0.15, 0.2) is 0 Å². The molecule has 0 saturated carbocycles. The molecule has 0 radical (unpaired) electrons. The van der Waals surface area contributed by atoms with Gasteiger partial charge in [0.05, 0.1) is 5.75 Å². The number of rotatable bonds is 7. The van der Waals surface area contributed by atoms with Crippen LogP contribution in [0, 0.1) is 5.92 Å². The maximum atomic E-state index is 11.8. The first-order valence-electron chi connectivity index (χ1n) is 8.53. The van der Waals surface area contributed by atoms with Crippen molar-refractivity contribution in [2.24, 2.45) is 5.92 Å². The van der Waals surface area contributed by atoms with Crippen molar-refractivity contribution in [3.8, 4) is 0 Å². The van der Waals surface area contributed by atoms with Gasteiger partial charge in [0.2, 0.25) is 10.0 Å². The molecule has 0 bridgehead atoms. The summed E-state index contributed by atoms with van der Waals surface area (Å²) in [4.78, 5) is 2.48. The zero-order chi connectivity index (χ0) is 16.9. The van der Waals surface area contributed by atoms with Crippen molar-refractivity contribution in [2.75, 3.05) is 35.4 Å². The normalized spacial score (nSPS) is 22.7. The highest BCUT2D eigenvalue weighted by Gasteiger charge is 2.24. The highest BCUT2D eigenvalue weighted by atomic mass is 32.2. The summed E-state index contributed by atoms with van der Waals surface area (Å²) < 4.78 is 26.2. The van der Waals surface area contributed by atoms with Gasteiger partial charge < -0.3 is 10.2 Å². The summed E-state index contributed by atoms with van der Waals surface area (Å²) in [6.45, 7) is 9.73. The monoisotopic (exact) mass is 339 g/mol. The van der Waals surface area contributed by atoms with Crippen molar-refractivity contribution < 1.29 is 8.42 Å². The van der Waals surface area contributed by atoms with E-state index in [1.807, 2.05) is 31.2 Å². The molecular weight excluding hydrogens is 310 g/mol. The number of sulfonamides is 1. The molecule has 2 N–H and O–H groups in total. The minimum absolute atomic E-state index is 0.153. The summed E-state index contributed by atoms with van der Waals surface area (Å²) >= 11 is 0. The Morgan fingerprint density at radius 1 is 1.17 bits per heavy atom. The van der Waals surface area contributed by atoms with Gasteiger partial charge in [-0.2, -0.15) is 0 Å². The van der Waals surface area contributed by atoms with E-state index in [1.165, 1.54) is 0 Å². The van der Waals surface area contributed by atoms with Gasteiger partial charge in [-0.25, -0.2) is 8.42 Å². The molecule has 1 fully saturated rings. The maximum Gasteiger partial charge on any atom is 0.232 e. The molecule has 0 spiro atoms. The van der Waals surface area contributed by atoms with Crippen LogP contribution in [0.3, 0.4) is 0 Å². The van der Waals surface area contributed by atoms with Crippen LogP contribution in [-0.4, -0.2) is 44.7 Å². The predicted molar refractivity (Wildman–Crippen MR) is 97.4 cm³/mol. The van der Waals surface area contributed by atoms with E-state index in [-0.39, 0.29) is 5.75 Å². The zero-order valence-corrected chi connectivity index (χ0v) is 15.2. The van der Waals surface area contributed by atoms with Crippen molar-refractivity contribution in [3.05, 3.63) is 24.3 Å². The first-order valence-corrected chi connectivity index (χ1v) is 10.2. The van der Waals surface area contributed by atoms with Crippen LogP contribution in [0.2, 0.25) is 0 Å². The topological polar surface area (TPSA) is 61.4 Å². The van der Waals surface area contributed by atoms with E-state index in [0.29, 0.717) is 24.1 Å². The summed E-state index contributed by atoms with van der Waals surface area (Å²) in [5.74, 6) is 0.756. The number of benzene rings is 1. The van der Waals surface area contributed by atoms with Crippen molar-refractivity contribution >= 4 is 21.4 Å². The van der Waals surface area contributed by atoms with Gasteiger partial charge in [-0.3, -0.25) is 4.72 Å². The molecule has 0 amide bonds. The lowest BCUT2D eigenvalue weighted by Gasteiger charge is -2.37. The van der Waals surface area contributed by atoms with E-state index in [1.54, 1.807) is 0 Å². The van der Waals surface area contributed by atoms with Gasteiger partial charge in [-0.15, -0.1) is 0 Å². The van der Waals surface area contributed by atoms with Crippen molar-refractivity contribution in [2.45, 2.75) is 39.7 Å². The van der Waals surface area contributed by atoms with Crippen LogP contribution in [0.15, 0.2) is 24.3 Å². The molecule has 1 aromatic rings. The third-order valence-electron chi connectivity index (χ3n) is 4.42. The molecule has 2 atom stereocenters. The average molecular weight is 340 g/mol. The average Bonchev–Trinajstić information content (AvgIpc) is 2.50. The fourth-order valence-corrected chi connectivity index (χ4v) is 4.22. The van der Waals surface area contributed by atoms with Crippen LogP contribution < -0.4 is 10.0 Å². The molecule has 0 unspecified atom stereocenters. The Morgan fingerprint density at radius 2 is 1.83 bits per heavy atom. The molecule has 5 nitrogen and oxygen atoms in total. The zero-order valence-electron chi connectivity index (χ0n) is 14.4. The first-order chi connectivity index (χ1) is 10.9. The van der Waals surface area contributed by atoms with Crippen LogP contribution >= 0.6 is 0 Å². The van der Waals surface area contributed by atoms with Crippen molar-refractivity contribution in [1.29, 1.82) is 0 Å². The molecule has 1 saturated heterocycles. The molecule has 6 heteroatoms. The number of anilines is 2. The number of nitrogens with zero attached hydrogens (tertiary/aromatic N) is 1. The molecule has 0 aliphatic carbocycles. The van der Waals surface area contributed by atoms with Crippen LogP contribution in [0.5, 0.6) is 0 Å². The lowest BCUT2D eigenvalue weighted by Crippen LogP contribution is -2.44. The smallest absolute Gasteiger partial charge is 0.232 e. The van der Waals surface area contributed by atoms with Gasteiger partial charge in [0.25, 0.3) is 0 Å². The molecule has 2 rings (SSSR count). The molecule has 1 aliphatic heterocycles. The number of hydrogen-bond acceptors (Lipinski definition) is 4. The standard InChI is InChI=1S/C17H29N3O2S/c1-4-12-23(21,22)19-16-8-6-15(7-9-16)18-17-10-11-20(5-2)13-14(17)3/h6-9,14,17-19H,4-5,10-13H2,1-3H3/t14-,17-/m1/s1. The van der Waals surface area contributed by atoms with Crippen LogP contribution in [-0.2, 0) is 10.0 Å². The molecule has 1 aliphatic rings. The first kappa shape index (κ1) is 18.1. The Morgan fingerprint density at radius 3 is 2.39 bits per heavy atom. The van der Waals surface area contributed by atoms with E-state index in [2.05, 4.69) is 28.8 Å². The van der Waals surface area contributed by atoms with Crippen LogP contribution in [0.1, 0.15) is 33.6 Å². The number of likely N-dealkylation sites (tertiary alicyclic amines) is 1. The van der Waals surface area contributed by atoms with Crippen molar-refractivity contribution in [1.82, 2.24) is 4.90 Å². The Bertz CT molecular complexity index is 586. The van der Waals surface area contributed by atoms with Gasteiger partial charge >= 0.3 is 0 Å². The van der Waals surface area contributed by atoms with E-state index < -0.39 is 10.0 Å². The second-order valence-corrected chi connectivity index (χ2v) is 8.25. The van der Waals surface area contributed by atoms with Gasteiger partial charge in [-0.05, 0) is 49.6 Å². The van der Waals surface area contributed by atoms with Gasteiger partial charge in [0, 0.05) is 30.5 Å². The van der Waals surface area contributed by atoms with Crippen LogP contribution in [0.25, 0.3) is 0 Å². The summed E-state index contributed by atoms with van der Waals surface area (Å²) in [7, 11) is -3.22. The Labute approximate surface area is 140 Å². The van der Waals surface area contributed by atoms with Crippen molar-refractivity contribution in [3.63, 3.8) is 0 Å². The van der Waals surface area contributed by atoms with E-state index in [4.69, 9.17) is 0 Å². The number of nitrogens with one attached hydrogen (secondary N) is 2. The third-order valence-corrected chi connectivity index (χ3v) is 5.91. The second kappa shape index (κ2) is 8.02. The maximum absolute atomic E-state index is 11.8. The predicted octanol–water partition coefficient (Wildman–Crippen LogP) is 2.98. The quantitative estimate of drug-likeness (QED) is 0.802. The molecule has 0 aromatic heterocycles. The molecule has 130 valence electrons. The summed E-state index contributed by atoms with van der Waals surface area (Å²) in [5.41, 5.74) is 1.67. The van der Waals surface area contributed by atoms with Gasteiger partial charge in [-0.1, -0.05) is 20.8 Å².